The van der Waals surface area contributed by atoms with Gasteiger partial charge in [0.15, 0.2) is 0 Å². The Morgan fingerprint density at radius 3 is 2.56 bits per heavy atom. The first-order valence-electron chi connectivity index (χ1n) is 6.07. The third-order valence-electron chi connectivity index (χ3n) is 3.93. The monoisotopic (exact) mass is 221 g/mol. The van der Waals surface area contributed by atoms with Gasteiger partial charge in [0.1, 0.15) is 5.67 Å². The molecule has 0 radical (unpaired) electrons. The highest BCUT2D eigenvalue weighted by Crippen LogP contribution is 2.38. The Balaban J connectivity index is 1.92. The molecule has 0 saturated heterocycles. The third-order valence-corrected chi connectivity index (χ3v) is 3.93. The molecule has 0 aromatic heterocycles. The van der Waals surface area contributed by atoms with Crippen LogP contribution in [0, 0.1) is 5.92 Å². The average Bonchev–Trinajstić information content (AvgIpc) is 2.53. The fourth-order valence-electron chi connectivity index (χ4n) is 2.46. The SMILES string of the molecule is C[C@H]1CC[C@@H](NCc2ccccc2)[C@@]1(C)F. The summed E-state index contributed by atoms with van der Waals surface area (Å²) in [4.78, 5) is 0. The lowest BCUT2D eigenvalue weighted by molar-refractivity contribution is 0.108. The molecule has 1 N–H and O–H groups in total. The van der Waals surface area contributed by atoms with Crippen LogP contribution in [0.25, 0.3) is 0 Å². The van der Waals surface area contributed by atoms with Gasteiger partial charge in [-0.1, -0.05) is 37.3 Å². The van der Waals surface area contributed by atoms with Crippen LogP contribution in [0.5, 0.6) is 0 Å². The maximum Gasteiger partial charge on any atom is 0.126 e. The Morgan fingerprint density at radius 1 is 1.31 bits per heavy atom. The molecule has 2 heteroatoms. The standard InChI is InChI=1S/C14H20FN/c1-11-8-9-13(14(11,2)15)16-10-12-6-4-3-5-7-12/h3-7,11,13,16H,8-10H2,1-2H3/t11-,13+,14-/m0/s1. The number of alkyl halides is 1. The Kier molecular flexibility index (Phi) is 3.29. The van der Waals surface area contributed by atoms with Gasteiger partial charge < -0.3 is 5.32 Å². The van der Waals surface area contributed by atoms with Crippen molar-refractivity contribution in [1.82, 2.24) is 5.32 Å². The predicted octanol–water partition coefficient (Wildman–Crippen LogP) is 3.30. The molecule has 0 spiro atoms. The second kappa shape index (κ2) is 4.54. The van der Waals surface area contributed by atoms with Gasteiger partial charge in [0.25, 0.3) is 0 Å². The quantitative estimate of drug-likeness (QED) is 0.825. The summed E-state index contributed by atoms with van der Waals surface area (Å²) < 4.78 is 14.3. The van der Waals surface area contributed by atoms with Crippen LogP contribution in [-0.2, 0) is 6.54 Å². The molecule has 1 aromatic carbocycles. The Labute approximate surface area is 97.1 Å². The molecule has 16 heavy (non-hydrogen) atoms. The summed E-state index contributed by atoms with van der Waals surface area (Å²) in [7, 11) is 0. The number of nitrogens with one attached hydrogen (secondary N) is 1. The normalized spacial score (nSPS) is 34.2. The molecule has 1 aliphatic carbocycles. The summed E-state index contributed by atoms with van der Waals surface area (Å²) in [6, 6.07) is 10.2. The van der Waals surface area contributed by atoms with Crippen molar-refractivity contribution in [3.05, 3.63) is 35.9 Å². The van der Waals surface area contributed by atoms with E-state index in [1.807, 2.05) is 25.1 Å². The average molecular weight is 221 g/mol. The minimum atomic E-state index is -1.06. The van der Waals surface area contributed by atoms with Crippen molar-refractivity contribution in [2.75, 3.05) is 0 Å². The summed E-state index contributed by atoms with van der Waals surface area (Å²) >= 11 is 0. The Hall–Kier alpha value is -0.890. The fourth-order valence-corrected chi connectivity index (χ4v) is 2.46. The Morgan fingerprint density at radius 2 is 2.00 bits per heavy atom. The van der Waals surface area contributed by atoms with Gasteiger partial charge in [-0.2, -0.15) is 0 Å². The highest BCUT2D eigenvalue weighted by atomic mass is 19.1. The van der Waals surface area contributed by atoms with E-state index in [1.165, 1.54) is 5.56 Å². The van der Waals surface area contributed by atoms with E-state index in [0.717, 1.165) is 19.4 Å². The highest BCUT2D eigenvalue weighted by Gasteiger charge is 2.44. The zero-order chi connectivity index (χ0) is 11.6. The van der Waals surface area contributed by atoms with Crippen molar-refractivity contribution in [3.63, 3.8) is 0 Å². The van der Waals surface area contributed by atoms with E-state index in [9.17, 15) is 4.39 Å². The molecular weight excluding hydrogens is 201 g/mol. The van der Waals surface area contributed by atoms with E-state index in [2.05, 4.69) is 17.4 Å². The third kappa shape index (κ3) is 2.27. The van der Waals surface area contributed by atoms with Gasteiger partial charge in [0.05, 0.1) is 0 Å². The first kappa shape index (κ1) is 11.6. The van der Waals surface area contributed by atoms with Crippen molar-refractivity contribution in [1.29, 1.82) is 0 Å². The van der Waals surface area contributed by atoms with E-state index >= 15 is 0 Å². The van der Waals surface area contributed by atoms with E-state index in [-0.39, 0.29) is 12.0 Å². The van der Waals surface area contributed by atoms with Gasteiger partial charge in [-0.3, -0.25) is 0 Å². The van der Waals surface area contributed by atoms with Crippen molar-refractivity contribution in [2.45, 2.75) is 44.9 Å². The van der Waals surface area contributed by atoms with Gasteiger partial charge in [-0.25, -0.2) is 4.39 Å². The second-order valence-corrected chi connectivity index (χ2v) is 5.05. The lowest BCUT2D eigenvalue weighted by Crippen LogP contribution is -2.43. The summed E-state index contributed by atoms with van der Waals surface area (Å²) in [5, 5.41) is 3.34. The lowest BCUT2D eigenvalue weighted by atomic mass is 9.94. The van der Waals surface area contributed by atoms with Crippen LogP contribution < -0.4 is 5.32 Å². The van der Waals surface area contributed by atoms with Crippen LogP contribution in [-0.4, -0.2) is 11.7 Å². The van der Waals surface area contributed by atoms with Crippen molar-refractivity contribution < 1.29 is 4.39 Å². The largest absolute Gasteiger partial charge is 0.307 e. The minimum absolute atomic E-state index is 0.00251. The summed E-state index contributed by atoms with van der Waals surface area (Å²) in [5.41, 5.74) is 0.160. The summed E-state index contributed by atoms with van der Waals surface area (Å²) in [5.74, 6) is 0.167. The van der Waals surface area contributed by atoms with Gasteiger partial charge in [0.2, 0.25) is 0 Å². The number of benzene rings is 1. The van der Waals surface area contributed by atoms with Crippen LogP contribution in [0.3, 0.4) is 0 Å². The van der Waals surface area contributed by atoms with Crippen LogP contribution in [0.1, 0.15) is 32.3 Å². The molecule has 1 nitrogen and oxygen atoms in total. The number of rotatable bonds is 3. The molecule has 1 aliphatic rings. The molecule has 0 unspecified atom stereocenters. The van der Waals surface area contributed by atoms with Crippen LogP contribution in [0.2, 0.25) is 0 Å². The van der Waals surface area contributed by atoms with Crippen LogP contribution in [0.4, 0.5) is 4.39 Å². The molecule has 0 amide bonds. The molecule has 0 bridgehead atoms. The number of hydrogen-bond donors (Lipinski definition) is 1. The van der Waals surface area contributed by atoms with Gasteiger partial charge in [-0.05, 0) is 31.2 Å². The first-order valence-corrected chi connectivity index (χ1v) is 6.07. The van der Waals surface area contributed by atoms with E-state index < -0.39 is 5.67 Å². The molecule has 2 rings (SSSR count). The number of hydrogen-bond acceptors (Lipinski definition) is 1. The molecular formula is C14H20FN. The maximum absolute atomic E-state index is 14.3. The van der Waals surface area contributed by atoms with Gasteiger partial charge >= 0.3 is 0 Å². The zero-order valence-corrected chi connectivity index (χ0v) is 10.0. The van der Waals surface area contributed by atoms with Crippen LogP contribution >= 0.6 is 0 Å². The second-order valence-electron chi connectivity index (χ2n) is 5.05. The molecule has 1 aromatic rings. The van der Waals surface area contributed by atoms with E-state index in [0.29, 0.717) is 0 Å². The lowest BCUT2D eigenvalue weighted by Gasteiger charge is -2.27. The Bertz CT molecular complexity index is 334. The molecule has 88 valence electrons. The smallest absolute Gasteiger partial charge is 0.126 e. The van der Waals surface area contributed by atoms with E-state index in [1.54, 1.807) is 6.92 Å². The van der Waals surface area contributed by atoms with Gasteiger partial charge in [0, 0.05) is 12.6 Å². The summed E-state index contributed by atoms with van der Waals surface area (Å²) in [6.07, 6.45) is 1.93. The molecule has 1 fully saturated rings. The first-order chi connectivity index (χ1) is 7.60. The van der Waals surface area contributed by atoms with Crippen LogP contribution in [0.15, 0.2) is 30.3 Å². The molecule has 0 aliphatic heterocycles. The molecule has 1 saturated carbocycles. The van der Waals surface area contributed by atoms with Crippen molar-refractivity contribution in [2.24, 2.45) is 5.92 Å². The number of halogens is 1. The highest BCUT2D eigenvalue weighted by molar-refractivity contribution is 5.14. The fraction of sp³-hybridized carbons (Fsp3) is 0.571. The van der Waals surface area contributed by atoms with E-state index in [4.69, 9.17) is 0 Å². The van der Waals surface area contributed by atoms with Gasteiger partial charge in [-0.15, -0.1) is 0 Å². The zero-order valence-electron chi connectivity index (χ0n) is 10.0. The molecule has 0 heterocycles. The minimum Gasteiger partial charge on any atom is -0.307 e. The summed E-state index contributed by atoms with van der Waals surface area (Å²) in [6.45, 7) is 4.50. The van der Waals surface area contributed by atoms with Crippen molar-refractivity contribution >= 4 is 0 Å². The predicted molar refractivity (Wildman–Crippen MR) is 65.0 cm³/mol. The molecule has 3 atom stereocenters. The maximum atomic E-state index is 14.3. The topological polar surface area (TPSA) is 12.0 Å². The van der Waals surface area contributed by atoms with Crippen molar-refractivity contribution in [3.8, 4) is 0 Å².